The summed E-state index contributed by atoms with van der Waals surface area (Å²) in [4.78, 5) is 10.6. The van der Waals surface area contributed by atoms with Crippen LogP contribution >= 0.6 is 11.7 Å². The van der Waals surface area contributed by atoms with Gasteiger partial charge in [0.1, 0.15) is 5.82 Å². The van der Waals surface area contributed by atoms with Crippen LogP contribution in [-0.2, 0) is 11.7 Å². The number of hydrogen-bond donors (Lipinski definition) is 1. The molecule has 0 aromatic heterocycles. The second-order valence-electron chi connectivity index (χ2n) is 2.06. The molecule has 1 rings (SSSR count). The molecule has 0 aliphatic rings. The van der Waals surface area contributed by atoms with Crippen molar-refractivity contribution in [3.05, 3.63) is 35.6 Å². The molecule has 0 aliphatic carbocycles. The van der Waals surface area contributed by atoms with E-state index in [-0.39, 0.29) is 11.6 Å². The first kappa shape index (κ1) is 11.5. The molecule has 66 valence electrons. The van der Waals surface area contributed by atoms with E-state index in [0.717, 1.165) is 0 Å². The van der Waals surface area contributed by atoms with Crippen molar-refractivity contribution in [3.63, 3.8) is 0 Å². The van der Waals surface area contributed by atoms with Gasteiger partial charge in [-0.3, -0.25) is 4.79 Å². The third kappa shape index (κ3) is 3.78. The van der Waals surface area contributed by atoms with Gasteiger partial charge in [-0.15, -0.1) is 0 Å². The summed E-state index contributed by atoms with van der Waals surface area (Å²) in [5.74, 6) is -0.356. The lowest BCUT2D eigenvalue weighted by Gasteiger charge is -1.91. The van der Waals surface area contributed by atoms with Crippen molar-refractivity contribution in [1.82, 2.24) is 0 Å². The summed E-state index contributed by atoms with van der Waals surface area (Å²) in [6.07, 6.45) is 0. The molecular formula is C8H10FOS2+. The van der Waals surface area contributed by atoms with Gasteiger partial charge in [0.25, 0.3) is 0 Å². The first-order chi connectivity index (χ1) is 5.70. The quantitative estimate of drug-likeness (QED) is 0.320. The van der Waals surface area contributed by atoms with Crippen molar-refractivity contribution in [2.75, 3.05) is 0 Å². The molecule has 0 radical (unpaired) electrons. The number of hydrogen-bond acceptors (Lipinski definition) is 2. The Morgan fingerprint density at radius 2 is 1.75 bits per heavy atom. The number of ketones is 1. The van der Waals surface area contributed by atoms with Gasteiger partial charge in [0.05, 0.1) is 11.7 Å². The summed E-state index contributed by atoms with van der Waals surface area (Å²) in [5, 5.41) is 0. The summed E-state index contributed by atoms with van der Waals surface area (Å²) in [5.41, 5.74) is 0.543. The van der Waals surface area contributed by atoms with Gasteiger partial charge in [0, 0.05) is 17.2 Å². The Bertz CT molecular complexity index is 246. The second kappa shape index (κ2) is 6.08. The molecule has 0 fully saturated rings. The van der Waals surface area contributed by atoms with Crippen LogP contribution in [0.15, 0.2) is 24.3 Å². The van der Waals surface area contributed by atoms with Gasteiger partial charge in [-0.25, -0.2) is 4.39 Å². The van der Waals surface area contributed by atoms with Gasteiger partial charge in [-0.2, -0.15) is 0 Å². The molecule has 0 aliphatic heterocycles. The average Bonchev–Trinajstić information content (AvgIpc) is 2.09. The van der Waals surface area contributed by atoms with Gasteiger partial charge in [0.2, 0.25) is 0 Å². The minimum Gasteiger partial charge on any atom is -0.295 e. The maximum absolute atomic E-state index is 12.2. The molecule has 1 nitrogen and oxygen atoms in total. The minimum absolute atomic E-state index is 0.0417. The number of carbonyl (C=O) groups excluding carboxylic acids is 1. The molecule has 0 unspecified atom stereocenters. The standard InChI is InChI=1S/C8H7FO.H2S2/c1-6(10)7-2-4-8(9)5-3-7;1-2/h2-5H,1H3;1-2H/p+1. The molecule has 0 saturated carbocycles. The first-order valence-corrected chi connectivity index (χ1v) is 4.98. The monoisotopic (exact) mass is 205 g/mol. The molecule has 0 bridgehead atoms. The predicted molar refractivity (Wildman–Crippen MR) is 55.5 cm³/mol. The van der Waals surface area contributed by atoms with Crippen LogP contribution in [0.5, 0.6) is 0 Å². The Hall–Kier alpha value is -0.480. The minimum atomic E-state index is -0.315. The maximum Gasteiger partial charge on any atom is 0.159 e. The Balaban J connectivity index is 0.000000561. The number of carbonyl (C=O) groups is 1. The molecule has 1 aromatic carbocycles. The van der Waals surface area contributed by atoms with Crippen molar-refractivity contribution < 1.29 is 9.18 Å². The van der Waals surface area contributed by atoms with E-state index in [1.165, 1.54) is 31.2 Å². The molecule has 0 heterocycles. The molecule has 0 amide bonds. The van der Waals surface area contributed by atoms with Crippen LogP contribution in [0, 0.1) is 5.82 Å². The van der Waals surface area contributed by atoms with Crippen LogP contribution in [0.3, 0.4) is 0 Å². The van der Waals surface area contributed by atoms with Gasteiger partial charge < -0.3 is 0 Å². The lowest BCUT2D eigenvalue weighted by atomic mass is 10.1. The van der Waals surface area contributed by atoms with Crippen LogP contribution in [0.25, 0.3) is 0 Å². The average molecular weight is 205 g/mol. The molecule has 0 N–H and O–H groups in total. The zero-order chi connectivity index (χ0) is 9.56. The number of benzene rings is 1. The summed E-state index contributed by atoms with van der Waals surface area (Å²) >= 11 is 6.00. The highest BCUT2D eigenvalue weighted by atomic mass is 33.1. The molecule has 4 heteroatoms. The molecular weight excluding hydrogens is 195 g/mol. The zero-order valence-electron chi connectivity index (χ0n) is 6.54. The third-order valence-electron chi connectivity index (χ3n) is 1.25. The fraction of sp³-hybridized carbons (Fsp3) is 0.125. The van der Waals surface area contributed by atoms with Crippen molar-refractivity contribution in [2.45, 2.75) is 6.92 Å². The second-order valence-corrected chi connectivity index (χ2v) is 2.06. The number of rotatable bonds is 1. The number of thiol groups is 1. The van der Waals surface area contributed by atoms with Crippen LogP contribution in [-0.4, -0.2) is 5.78 Å². The van der Waals surface area contributed by atoms with E-state index in [1.807, 2.05) is 0 Å². The summed E-state index contributed by atoms with van der Waals surface area (Å²) < 4.78 is 12.2. The van der Waals surface area contributed by atoms with Crippen molar-refractivity contribution in [2.24, 2.45) is 0 Å². The highest BCUT2D eigenvalue weighted by Gasteiger charge is 1.96. The van der Waals surface area contributed by atoms with E-state index < -0.39 is 0 Å². The number of Topliss-reactive ketones (excluding diaryl/α,β-unsaturated/α-hetero) is 1. The Morgan fingerprint density at radius 3 is 2.08 bits per heavy atom. The normalized spacial score (nSPS) is 8.33. The zero-order valence-corrected chi connectivity index (χ0v) is 8.44. The lowest BCUT2D eigenvalue weighted by molar-refractivity contribution is 0.101. The SMILES string of the molecule is CC(=O)c1ccc(F)cc1.S[SH2+]. The molecule has 1 aromatic rings. The number of halogens is 1. The van der Waals surface area contributed by atoms with Crippen LogP contribution in [0.4, 0.5) is 4.39 Å². The highest BCUT2D eigenvalue weighted by molar-refractivity contribution is 8.48. The van der Waals surface area contributed by atoms with Gasteiger partial charge in [-0.1, -0.05) is 0 Å². The highest BCUT2D eigenvalue weighted by Crippen LogP contribution is 2.02. The van der Waals surface area contributed by atoms with E-state index in [1.54, 1.807) is 0 Å². The summed E-state index contributed by atoms with van der Waals surface area (Å²) in [6, 6.07) is 5.49. The van der Waals surface area contributed by atoms with Crippen molar-refractivity contribution in [1.29, 1.82) is 0 Å². The Kier molecular flexibility index (Phi) is 5.84. The van der Waals surface area contributed by atoms with Crippen molar-refractivity contribution in [3.8, 4) is 0 Å². The van der Waals surface area contributed by atoms with Gasteiger partial charge in [0.15, 0.2) is 5.78 Å². The largest absolute Gasteiger partial charge is 0.295 e. The Morgan fingerprint density at radius 1 is 1.33 bits per heavy atom. The Labute approximate surface area is 81.2 Å². The topological polar surface area (TPSA) is 17.1 Å². The fourth-order valence-corrected chi connectivity index (χ4v) is 0.685. The van der Waals surface area contributed by atoms with E-state index in [9.17, 15) is 9.18 Å². The summed E-state index contributed by atoms with van der Waals surface area (Å²) in [7, 11) is 0. The fourth-order valence-electron chi connectivity index (χ4n) is 0.685. The summed E-state index contributed by atoms with van der Waals surface area (Å²) in [6.45, 7) is 1.45. The van der Waals surface area contributed by atoms with Crippen LogP contribution < -0.4 is 0 Å². The maximum atomic E-state index is 12.2. The smallest absolute Gasteiger partial charge is 0.159 e. The molecule has 0 atom stereocenters. The predicted octanol–water partition coefficient (Wildman–Crippen LogP) is 1.87. The van der Waals surface area contributed by atoms with E-state index in [0.29, 0.717) is 5.56 Å². The molecule has 0 spiro atoms. The van der Waals surface area contributed by atoms with E-state index in [4.69, 9.17) is 0 Å². The molecule has 0 saturated heterocycles. The first-order valence-electron chi connectivity index (χ1n) is 3.19. The molecule has 12 heavy (non-hydrogen) atoms. The van der Waals surface area contributed by atoms with Gasteiger partial charge >= 0.3 is 0 Å². The lowest BCUT2D eigenvalue weighted by Crippen LogP contribution is -1.90. The van der Waals surface area contributed by atoms with E-state index in [2.05, 4.69) is 23.3 Å². The van der Waals surface area contributed by atoms with Crippen LogP contribution in [0.2, 0.25) is 0 Å². The van der Waals surface area contributed by atoms with Crippen LogP contribution in [0.1, 0.15) is 17.3 Å². The van der Waals surface area contributed by atoms with E-state index >= 15 is 0 Å². The van der Waals surface area contributed by atoms with Gasteiger partial charge in [-0.05, 0) is 31.2 Å². The van der Waals surface area contributed by atoms with Crippen molar-refractivity contribution >= 4 is 29.1 Å². The third-order valence-corrected chi connectivity index (χ3v) is 1.25.